The third-order valence-corrected chi connectivity index (χ3v) is 2.02. The fourth-order valence-electron chi connectivity index (χ4n) is 1.22. The van der Waals surface area contributed by atoms with Gasteiger partial charge >= 0.3 is 12.1 Å². The molecule has 2 aromatic rings. The molecular formula is C10H10N2O3. The van der Waals surface area contributed by atoms with Crippen LogP contribution in [0.15, 0.2) is 28.7 Å². The molecule has 0 bridgehead atoms. The fraction of sp³-hybridized carbons (Fsp3) is 0.200. The maximum atomic E-state index is 11.2. The van der Waals surface area contributed by atoms with Crippen LogP contribution in [-0.2, 0) is 4.74 Å². The lowest BCUT2D eigenvalue weighted by Crippen LogP contribution is -2.25. The summed E-state index contributed by atoms with van der Waals surface area (Å²) in [5.41, 5.74) is 1.35. The molecule has 5 nitrogen and oxygen atoms in total. The van der Waals surface area contributed by atoms with Crippen LogP contribution in [0.25, 0.3) is 11.1 Å². The lowest BCUT2D eigenvalue weighted by molar-refractivity contribution is 0.179. The second-order valence-electron chi connectivity index (χ2n) is 2.99. The molecular weight excluding hydrogens is 196 g/mol. The summed E-state index contributed by atoms with van der Waals surface area (Å²) >= 11 is 0. The van der Waals surface area contributed by atoms with Gasteiger partial charge in [0, 0.05) is 7.05 Å². The average Bonchev–Trinajstić information content (AvgIpc) is 2.70. The molecule has 0 unspecified atom stereocenters. The first-order valence-corrected chi connectivity index (χ1v) is 4.39. The summed E-state index contributed by atoms with van der Waals surface area (Å²) in [6, 6.07) is 7.52. The number of nitrogens with zero attached hydrogens (tertiary/aromatic N) is 2. The molecule has 5 heteroatoms. The molecule has 78 valence electrons. The Morgan fingerprint density at radius 2 is 2.20 bits per heavy atom. The summed E-state index contributed by atoms with van der Waals surface area (Å²) in [6.45, 7) is 0. The number of fused-ring (bicyclic) bond motifs is 1. The van der Waals surface area contributed by atoms with Crippen molar-refractivity contribution in [3.63, 3.8) is 0 Å². The summed E-state index contributed by atoms with van der Waals surface area (Å²) in [7, 11) is 2.85. The van der Waals surface area contributed by atoms with E-state index in [9.17, 15) is 4.79 Å². The van der Waals surface area contributed by atoms with Crippen molar-refractivity contribution in [1.82, 2.24) is 4.98 Å². The number of amides is 1. The molecule has 0 aliphatic rings. The quantitative estimate of drug-likeness (QED) is 0.716. The Morgan fingerprint density at radius 1 is 1.47 bits per heavy atom. The largest absolute Gasteiger partial charge is 0.452 e. The summed E-state index contributed by atoms with van der Waals surface area (Å²) in [6.07, 6.45) is -0.512. The molecule has 0 spiro atoms. The second kappa shape index (κ2) is 3.61. The van der Waals surface area contributed by atoms with Gasteiger partial charge in [-0.15, -0.1) is 0 Å². The molecule has 0 saturated heterocycles. The highest BCUT2D eigenvalue weighted by atomic mass is 16.5. The Kier molecular flexibility index (Phi) is 2.29. The van der Waals surface area contributed by atoms with Crippen molar-refractivity contribution in [2.45, 2.75) is 0 Å². The van der Waals surface area contributed by atoms with Gasteiger partial charge in [-0.25, -0.2) is 9.69 Å². The van der Waals surface area contributed by atoms with Gasteiger partial charge in [-0.1, -0.05) is 12.1 Å². The van der Waals surface area contributed by atoms with Crippen molar-refractivity contribution in [3.05, 3.63) is 24.3 Å². The van der Waals surface area contributed by atoms with E-state index in [0.29, 0.717) is 11.1 Å². The Balaban J connectivity index is 2.40. The molecule has 0 aliphatic carbocycles. The van der Waals surface area contributed by atoms with Crippen LogP contribution in [0.4, 0.5) is 10.8 Å². The number of oxazole rings is 1. The standard InChI is InChI=1S/C10H10N2O3/c1-12(10(13)14-2)9-11-7-5-3-4-6-8(7)15-9/h3-6H,1-2H3. The summed E-state index contributed by atoms with van der Waals surface area (Å²) < 4.78 is 9.92. The minimum absolute atomic E-state index is 0.225. The molecule has 0 saturated carbocycles. The molecule has 0 aliphatic heterocycles. The van der Waals surface area contributed by atoms with Crippen LogP contribution >= 0.6 is 0 Å². The fourth-order valence-corrected chi connectivity index (χ4v) is 1.22. The first-order chi connectivity index (χ1) is 7.22. The zero-order valence-corrected chi connectivity index (χ0v) is 8.43. The molecule has 2 rings (SSSR count). The molecule has 15 heavy (non-hydrogen) atoms. The van der Waals surface area contributed by atoms with Gasteiger partial charge in [-0.05, 0) is 12.1 Å². The zero-order chi connectivity index (χ0) is 10.8. The van der Waals surface area contributed by atoms with E-state index in [1.54, 1.807) is 6.07 Å². The van der Waals surface area contributed by atoms with Crippen molar-refractivity contribution in [1.29, 1.82) is 0 Å². The Bertz CT molecular complexity index is 459. The summed E-state index contributed by atoms with van der Waals surface area (Å²) in [5, 5.41) is 0. The number of hydrogen-bond acceptors (Lipinski definition) is 4. The number of benzene rings is 1. The summed E-state index contributed by atoms with van der Waals surface area (Å²) in [5.74, 6) is 0. The highest BCUT2D eigenvalue weighted by Gasteiger charge is 2.16. The van der Waals surface area contributed by atoms with E-state index in [0.717, 1.165) is 0 Å². The van der Waals surface area contributed by atoms with Gasteiger partial charge in [0.25, 0.3) is 0 Å². The Hall–Kier alpha value is -2.04. The smallest absolute Gasteiger partial charge is 0.417 e. The average molecular weight is 206 g/mol. The minimum Gasteiger partial charge on any atom is -0.452 e. The minimum atomic E-state index is -0.512. The lowest BCUT2D eigenvalue weighted by Gasteiger charge is -2.09. The van der Waals surface area contributed by atoms with Crippen LogP contribution in [0.1, 0.15) is 0 Å². The SMILES string of the molecule is COC(=O)N(C)c1nc2ccccc2o1. The van der Waals surface area contributed by atoms with Gasteiger partial charge in [0.05, 0.1) is 7.11 Å². The third-order valence-electron chi connectivity index (χ3n) is 2.02. The van der Waals surface area contributed by atoms with E-state index in [1.807, 2.05) is 18.2 Å². The molecule has 0 N–H and O–H groups in total. The van der Waals surface area contributed by atoms with E-state index in [4.69, 9.17) is 4.42 Å². The predicted octanol–water partition coefficient (Wildman–Crippen LogP) is 2.03. The van der Waals surface area contributed by atoms with E-state index in [2.05, 4.69) is 9.72 Å². The van der Waals surface area contributed by atoms with E-state index < -0.39 is 6.09 Å². The number of anilines is 1. The van der Waals surface area contributed by atoms with Crippen LogP contribution in [0.3, 0.4) is 0 Å². The number of carbonyl (C=O) groups excluding carboxylic acids is 1. The summed E-state index contributed by atoms with van der Waals surface area (Å²) in [4.78, 5) is 16.5. The molecule has 1 heterocycles. The van der Waals surface area contributed by atoms with Crippen molar-refractivity contribution in [2.24, 2.45) is 0 Å². The van der Waals surface area contributed by atoms with Crippen LogP contribution in [-0.4, -0.2) is 25.2 Å². The van der Waals surface area contributed by atoms with Crippen LogP contribution < -0.4 is 4.90 Å². The first kappa shape index (κ1) is 9.51. The molecule has 0 fully saturated rings. The molecule has 0 atom stereocenters. The number of aromatic nitrogens is 1. The van der Waals surface area contributed by atoms with Crippen LogP contribution in [0.2, 0.25) is 0 Å². The third kappa shape index (κ3) is 1.63. The van der Waals surface area contributed by atoms with Crippen molar-refractivity contribution < 1.29 is 13.9 Å². The van der Waals surface area contributed by atoms with Gasteiger partial charge < -0.3 is 9.15 Å². The number of methoxy groups -OCH3 is 1. The second-order valence-corrected chi connectivity index (χ2v) is 2.99. The van der Waals surface area contributed by atoms with Gasteiger partial charge in [0.2, 0.25) is 0 Å². The highest BCUT2D eigenvalue weighted by molar-refractivity contribution is 5.86. The van der Waals surface area contributed by atoms with Crippen LogP contribution in [0.5, 0.6) is 0 Å². The number of hydrogen-bond donors (Lipinski definition) is 0. The van der Waals surface area contributed by atoms with Crippen molar-refractivity contribution >= 4 is 23.2 Å². The number of rotatable bonds is 1. The van der Waals surface area contributed by atoms with Gasteiger partial charge in [-0.3, -0.25) is 0 Å². The lowest BCUT2D eigenvalue weighted by atomic mass is 10.3. The number of ether oxygens (including phenoxy) is 1. The van der Waals surface area contributed by atoms with Crippen LogP contribution in [0, 0.1) is 0 Å². The topological polar surface area (TPSA) is 55.6 Å². The van der Waals surface area contributed by atoms with Gasteiger partial charge in [-0.2, -0.15) is 4.98 Å². The molecule has 1 aromatic carbocycles. The van der Waals surface area contributed by atoms with E-state index in [-0.39, 0.29) is 6.01 Å². The monoisotopic (exact) mass is 206 g/mol. The Morgan fingerprint density at radius 3 is 2.87 bits per heavy atom. The zero-order valence-electron chi connectivity index (χ0n) is 8.43. The predicted molar refractivity (Wildman–Crippen MR) is 54.8 cm³/mol. The number of carbonyl (C=O) groups is 1. The van der Waals surface area contributed by atoms with E-state index in [1.165, 1.54) is 19.1 Å². The molecule has 1 amide bonds. The maximum Gasteiger partial charge on any atom is 0.417 e. The highest BCUT2D eigenvalue weighted by Crippen LogP contribution is 2.20. The van der Waals surface area contributed by atoms with E-state index >= 15 is 0 Å². The number of para-hydroxylation sites is 2. The van der Waals surface area contributed by atoms with Crippen molar-refractivity contribution in [3.8, 4) is 0 Å². The maximum absolute atomic E-state index is 11.2. The molecule has 0 radical (unpaired) electrons. The Labute approximate surface area is 86.3 Å². The van der Waals surface area contributed by atoms with Crippen molar-refractivity contribution in [2.75, 3.05) is 19.1 Å². The normalized spacial score (nSPS) is 10.3. The molecule has 1 aromatic heterocycles. The first-order valence-electron chi connectivity index (χ1n) is 4.39. The van der Waals surface area contributed by atoms with Gasteiger partial charge in [0.15, 0.2) is 5.58 Å². The van der Waals surface area contributed by atoms with Gasteiger partial charge in [0.1, 0.15) is 5.52 Å².